The van der Waals surface area contributed by atoms with E-state index in [1.807, 2.05) is 18.4 Å². The number of carbonyl (C=O) groups excluding carboxylic acids is 1. The van der Waals surface area contributed by atoms with Gasteiger partial charge in [-0.2, -0.15) is 0 Å². The Morgan fingerprint density at radius 3 is 2.82 bits per heavy atom. The Labute approximate surface area is 104 Å². The van der Waals surface area contributed by atoms with Crippen LogP contribution in [0.5, 0.6) is 0 Å². The minimum absolute atomic E-state index is 0.237. The molecule has 1 rings (SSSR count). The fraction of sp³-hybridized carbons (Fsp3) is 0.333. The molecule has 17 heavy (non-hydrogen) atoms. The van der Waals surface area contributed by atoms with Gasteiger partial charge in [-0.05, 0) is 23.4 Å². The number of aliphatic carboxylic acids is 1. The molecule has 1 aromatic rings. The van der Waals surface area contributed by atoms with Gasteiger partial charge in [0, 0.05) is 6.54 Å². The predicted octanol–water partition coefficient (Wildman–Crippen LogP) is 2.02. The second-order valence-corrected chi connectivity index (χ2v) is 4.41. The van der Waals surface area contributed by atoms with Crippen LogP contribution in [0.15, 0.2) is 24.1 Å². The normalized spacial score (nSPS) is 9.94. The molecule has 0 aromatic carbocycles. The second-order valence-electron chi connectivity index (χ2n) is 3.50. The van der Waals surface area contributed by atoms with Crippen LogP contribution in [-0.4, -0.2) is 35.0 Å². The molecule has 0 radical (unpaired) electrons. The first kappa shape index (κ1) is 13.4. The first-order chi connectivity index (χ1) is 8.10. The number of amides is 1. The number of thiophene rings is 1. The number of carboxylic acid groups (broad SMARTS) is 1. The molecular weight excluding hydrogens is 238 g/mol. The molecule has 1 amide bonds. The number of hydrogen-bond acceptors (Lipinski definition) is 3. The minimum Gasteiger partial charge on any atom is -0.480 e. The first-order valence-corrected chi connectivity index (χ1v) is 6.16. The smallest absolute Gasteiger partial charge is 0.323 e. The lowest BCUT2D eigenvalue weighted by atomic mass is 10.2. The molecule has 0 spiro atoms. The summed E-state index contributed by atoms with van der Waals surface area (Å²) in [6, 6.07) is 1.89. The Morgan fingerprint density at radius 1 is 1.59 bits per heavy atom. The average Bonchev–Trinajstić information content (AvgIpc) is 2.74. The topological polar surface area (TPSA) is 57.6 Å². The Hall–Kier alpha value is -1.62. The Morgan fingerprint density at radius 2 is 2.29 bits per heavy atom. The molecule has 1 aromatic heterocycles. The maximum atomic E-state index is 12.1. The molecule has 0 bridgehead atoms. The molecule has 5 heteroatoms. The third kappa shape index (κ3) is 3.42. The molecule has 4 nitrogen and oxygen atoms in total. The van der Waals surface area contributed by atoms with Gasteiger partial charge in [0.05, 0.1) is 4.88 Å². The number of hydrogen-bond donors (Lipinski definition) is 1. The van der Waals surface area contributed by atoms with Gasteiger partial charge in [-0.3, -0.25) is 9.59 Å². The number of nitrogens with zero attached hydrogens (tertiary/aromatic N) is 1. The van der Waals surface area contributed by atoms with Gasteiger partial charge in [-0.15, -0.1) is 17.9 Å². The van der Waals surface area contributed by atoms with Crippen molar-refractivity contribution in [2.75, 3.05) is 13.1 Å². The number of carboxylic acids is 1. The van der Waals surface area contributed by atoms with Crippen molar-refractivity contribution in [2.45, 2.75) is 13.3 Å². The summed E-state index contributed by atoms with van der Waals surface area (Å²) in [7, 11) is 0. The van der Waals surface area contributed by atoms with Crippen molar-refractivity contribution >= 4 is 23.2 Å². The molecule has 1 N–H and O–H groups in total. The quantitative estimate of drug-likeness (QED) is 0.789. The minimum atomic E-state index is -1.02. The van der Waals surface area contributed by atoms with Gasteiger partial charge in [0.25, 0.3) is 5.91 Å². The third-order valence-electron chi connectivity index (χ3n) is 2.28. The van der Waals surface area contributed by atoms with Crippen LogP contribution in [0.4, 0.5) is 0 Å². The standard InChI is InChI=1S/C12H15NO3S/c1-3-6-13(8-10(14)15)12(16)11-9(4-2)5-7-17-11/h3,5,7H,1,4,6,8H2,2H3,(H,14,15). The summed E-state index contributed by atoms with van der Waals surface area (Å²) in [5.41, 5.74) is 0.958. The van der Waals surface area contributed by atoms with E-state index in [1.54, 1.807) is 0 Å². The molecule has 0 aliphatic carbocycles. The van der Waals surface area contributed by atoms with Crippen molar-refractivity contribution in [3.63, 3.8) is 0 Å². The number of rotatable bonds is 6. The van der Waals surface area contributed by atoms with Crippen LogP contribution >= 0.6 is 11.3 Å². The molecule has 0 aliphatic heterocycles. The van der Waals surface area contributed by atoms with Crippen molar-refractivity contribution in [1.82, 2.24) is 4.90 Å². The van der Waals surface area contributed by atoms with E-state index in [9.17, 15) is 9.59 Å². The highest BCUT2D eigenvalue weighted by molar-refractivity contribution is 7.12. The monoisotopic (exact) mass is 253 g/mol. The zero-order valence-electron chi connectivity index (χ0n) is 9.68. The zero-order valence-corrected chi connectivity index (χ0v) is 10.5. The lowest BCUT2D eigenvalue weighted by Gasteiger charge is -2.18. The van der Waals surface area contributed by atoms with Crippen molar-refractivity contribution < 1.29 is 14.7 Å². The maximum absolute atomic E-state index is 12.1. The van der Waals surface area contributed by atoms with E-state index in [1.165, 1.54) is 22.3 Å². The number of aryl methyl sites for hydroxylation is 1. The molecule has 0 saturated heterocycles. The first-order valence-electron chi connectivity index (χ1n) is 5.28. The second kappa shape index (κ2) is 6.20. The summed E-state index contributed by atoms with van der Waals surface area (Å²) in [5.74, 6) is -1.26. The highest BCUT2D eigenvalue weighted by Gasteiger charge is 2.20. The summed E-state index contributed by atoms with van der Waals surface area (Å²) in [6.45, 7) is 5.44. The van der Waals surface area contributed by atoms with Crippen LogP contribution in [0.2, 0.25) is 0 Å². The van der Waals surface area contributed by atoms with Crippen molar-refractivity contribution in [2.24, 2.45) is 0 Å². The molecule has 0 atom stereocenters. The van der Waals surface area contributed by atoms with E-state index in [0.29, 0.717) is 4.88 Å². The van der Waals surface area contributed by atoms with Crippen LogP contribution in [0.25, 0.3) is 0 Å². The van der Waals surface area contributed by atoms with Gasteiger partial charge in [-0.25, -0.2) is 0 Å². The van der Waals surface area contributed by atoms with Crippen molar-refractivity contribution in [3.8, 4) is 0 Å². The largest absolute Gasteiger partial charge is 0.480 e. The van der Waals surface area contributed by atoms with Crippen LogP contribution in [-0.2, 0) is 11.2 Å². The van der Waals surface area contributed by atoms with E-state index < -0.39 is 5.97 Å². The molecule has 0 aliphatic rings. The van der Waals surface area contributed by atoms with Gasteiger partial charge < -0.3 is 10.0 Å². The molecule has 92 valence electrons. The van der Waals surface area contributed by atoms with Gasteiger partial charge >= 0.3 is 5.97 Å². The highest BCUT2D eigenvalue weighted by atomic mass is 32.1. The van der Waals surface area contributed by atoms with Gasteiger partial charge in [0.15, 0.2) is 0 Å². The Kier molecular flexibility index (Phi) is 4.90. The molecule has 0 unspecified atom stereocenters. The van der Waals surface area contributed by atoms with E-state index in [-0.39, 0.29) is 19.0 Å². The van der Waals surface area contributed by atoms with Gasteiger partial charge in [0.1, 0.15) is 6.54 Å². The predicted molar refractivity (Wildman–Crippen MR) is 67.4 cm³/mol. The van der Waals surface area contributed by atoms with E-state index in [2.05, 4.69) is 6.58 Å². The van der Waals surface area contributed by atoms with Crippen LogP contribution < -0.4 is 0 Å². The van der Waals surface area contributed by atoms with Crippen LogP contribution in [0.1, 0.15) is 22.2 Å². The Bertz CT molecular complexity index is 425. The third-order valence-corrected chi connectivity index (χ3v) is 3.23. The van der Waals surface area contributed by atoms with E-state index in [0.717, 1.165) is 12.0 Å². The molecule has 0 fully saturated rings. The summed E-state index contributed by atoms with van der Waals surface area (Å²) < 4.78 is 0. The SMILES string of the molecule is C=CCN(CC(=O)O)C(=O)c1sccc1CC. The molecular formula is C12H15NO3S. The summed E-state index contributed by atoms with van der Waals surface area (Å²) >= 11 is 1.35. The van der Waals surface area contributed by atoms with Crippen LogP contribution in [0, 0.1) is 0 Å². The van der Waals surface area contributed by atoms with Crippen molar-refractivity contribution in [3.05, 3.63) is 34.5 Å². The van der Waals surface area contributed by atoms with E-state index >= 15 is 0 Å². The average molecular weight is 253 g/mol. The zero-order chi connectivity index (χ0) is 12.8. The lowest BCUT2D eigenvalue weighted by Crippen LogP contribution is -2.35. The van der Waals surface area contributed by atoms with Gasteiger partial charge in [-0.1, -0.05) is 13.0 Å². The highest BCUT2D eigenvalue weighted by Crippen LogP contribution is 2.19. The Balaban J connectivity index is 2.90. The van der Waals surface area contributed by atoms with Gasteiger partial charge in [0.2, 0.25) is 0 Å². The summed E-state index contributed by atoms with van der Waals surface area (Å²) in [4.78, 5) is 24.7. The fourth-order valence-corrected chi connectivity index (χ4v) is 2.45. The van der Waals surface area contributed by atoms with Crippen LogP contribution in [0.3, 0.4) is 0 Å². The number of carbonyl (C=O) groups is 2. The lowest BCUT2D eigenvalue weighted by molar-refractivity contribution is -0.137. The molecule has 0 saturated carbocycles. The summed E-state index contributed by atoms with van der Waals surface area (Å²) in [6.07, 6.45) is 2.29. The van der Waals surface area contributed by atoms with Crippen molar-refractivity contribution in [1.29, 1.82) is 0 Å². The molecule has 1 heterocycles. The van der Waals surface area contributed by atoms with E-state index in [4.69, 9.17) is 5.11 Å². The maximum Gasteiger partial charge on any atom is 0.323 e. The fourth-order valence-electron chi connectivity index (χ4n) is 1.48. The summed E-state index contributed by atoms with van der Waals surface area (Å²) in [5, 5.41) is 10.6.